The van der Waals surface area contributed by atoms with Crippen LogP contribution in [0.5, 0.6) is 0 Å². The number of aromatic carboxylic acids is 1. The van der Waals surface area contributed by atoms with Gasteiger partial charge in [0.05, 0.1) is 16.6 Å². The lowest BCUT2D eigenvalue weighted by atomic mass is 9.98. The van der Waals surface area contributed by atoms with E-state index in [4.69, 9.17) is 0 Å². The summed E-state index contributed by atoms with van der Waals surface area (Å²) in [7, 11) is 0. The van der Waals surface area contributed by atoms with Crippen molar-refractivity contribution in [1.29, 1.82) is 0 Å². The first-order valence-electron chi connectivity index (χ1n) is 9.28. The molecule has 0 saturated carbocycles. The third-order valence-electron chi connectivity index (χ3n) is 5.01. The van der Waals surface area contributed by atoms with E-state index in [0.717, 1.165) is 22.4 Å². The van der Waals surface area contributed by atoms with Crippen LogP contribution in [0.3, 0.4) is 0 Å². The van der Waals surface area contributed by atoms with E-state index in [0.29, 0.717) is 22.7 Å². The molecule has 0 unspecified atom stereocenters. The van der Waals surface area contributed by atoms with Gasteiger partial charge in [0.1, 0.15) is 5.82 Å². The minimum absolute atomic E-state index is 0.196. The van der Waals surface area contributed by atoms with Gasteiger partial charge in [-0.15, -0.1) is 10.2 Å². The molecule has 0 spiro atoms. The van der Waals surface area contributed by atoms with Gasteiger partial charge in [-0.1, -0.05) is 42.5 Å². The van der Waals surface area contributed by atoms with Crippen LogP contribution < -0.4 is 0 Å². The van der Waals surface area contributed by atoms with Crippen molar-refractivity contribution in [1.82, 2.24) is 30.2 Å². The number of nitrogens with zero attached hydrogens (tertiary/aromatic N) is 5. The SMILES string of the molecule is Cc1nc2cccc(C(=O)O)c2n1-c1ccc(-c2ccccc2)c(-c2nn[nH]n2)c1. The second-order valence-corrected chi connectivity index (χ2v) is 6.80. The fraction of sp³-hybridized carbons (Fsp3) is 0.0455. The van der Waals surface area contributed by atoms with Crippen LogP contribution in [-0.4, -0.2) is 41.3 Å². The number of hydrogen-bond donors (Lipinski definition) is 2. The maximum atomic E-state index is 11.8. The molecule has 0 amide bonds. The van der Waals surface area contributed by atoms with Crippen LogP contribution in [0.4, 0.5) is 0 Å². The smallest absolute Gasteiger partial charge is 0.337 e. The molecule has 2 heterocycles. The molecule has 0 aliphatic carbocycles. The predicted octanol–water partition coefficient (Wildman–Crippen LogP) is 3.88. The van der Waals surface area contributed by atoms with E-state index < -0.39 is 5.97 Å². The fourth-order valence-electron chi connectivity index (χ4n) is 3.73. The van der Waals surface area contributed by atoms with Crippen molar-refractivity contribution in [2.75, 3.05) is 0 Å². The standard InChI is InChI=1S/C22H16N6O2/c1-13-23-19-9-5-8-17(22(29)30)20(19)28(13)15-10-11-16(14-6-3-2-4-7-14)18(12-15)21-24-26-27-25-21/h2-12H,1H3,(H,29,30)(H,24,25,26,27). The Morgan fingerprint density at radius 2 is 1.83 bits per heavy atom. The Labute approximate surface area is 170 Å². The van der Waals surface area contributed by atoms with Gasteiger partial charge in [-0.25, -0.2) is 9.78 Å². The van der Waals surface area contributed by atoms with Gasteiger partial charge in [0.15, 0.2) is 0 Å². The Bertz CT molecular complexity index is 1370. The molecule has 3 aromatic carbocycles. The lowest BCUT2D eigenvalue weighted by Crippen LogP contribution is -2.04. The van der Waals surface area contributed by atoms with Gasteiger partial charge in [0.25, 0.3) is 0 Å². The molecule has 0 bridgehead atoms. The highest BCUT2D eigenvalue weighted by atomic mass is 16.4. The van der Waals surface area contributed by atoms with Crippen LogP contribution in [0.1, 0.15) is 16.2 Å². The second kappa shape index (κ2) is 6.93. The van der Waals surface area contributed by atoms with Crippen LogP contribution in [0.15, 0.2) is 66.7 Å². The quantitative estimate of drug-likeness (QED) is 0.477. The maximum Gasteiger partial charge on any atom is 0.337 e. The van der Waals surface area contributed by atoms with E-state index in [2.05, 4.69) is 25.6 Å². The molecule has 0 aliphatic rings. The summed E-state index contributed by atoms with van der Waals surface area (Å²) in [6.45, 7) is 1.85. The first-order chi connectivity index (χ1) is 14.6. The van der Waals surface area contributed by atoms with Crippen molar-refractivity contribution in [3.05, 3.63) is 78.1 Å². The third-order valence-corrected chi connectivity index (χ3v) is 5.01. The van der Waals surface area contributed by atoms with Crippen molar-refractivity contribution < 1.29 is 9.90 Å². The molecule has 2 N–H and O–H groups in total. The van der Waals surface area contributed by atoms with Crippen molar-refractivity contribution in [2.24, 2.45) is 0 Å². The summed E-state index contributed by atoms with van der Waals surface area (Å²) >= 11 is 0. The summed E-state index contributed by atoms with van der Waals surface area (Å²) in [5.41, 5.74) is 4.88. The number of carboxylic acids is 1. The van der Waals surface area contributed by atoms with Crippen LogP contribution in [-0.2, 0) is 0 Å². The van der Waals surface area contributed by atoms with E-state index >= 15 is 0 Å². The van der Waals surface area contributed by atoms with E-state index in [1.807, 2.05) is 66.1 Å². The lowest BCUT2D eigenvalue weighted by Gasteiger charge is -2.13. The van der Waals surface area contributed by atoms with Crippen LogP contribution in [0.2, 0.25) is 0 Å². The topological polar surface area (TPSA) is 110 Å². The van der Waals surface area contributed by atoms with Crippen molar-refractivity contribution >= 4 is 17.0 Å². The number of carboxylic acid groups (broad SMARTS) is 1. The molecule has 5 aromatic rings. The number of rotatable bonds is 4. The number of H-pyrrole nitrogens is 1. The molecule has 0 saturated heterocycles. The van der Waals surface area contributed by atoms with E-state index in [9.17, 15) is 9.90 Å². The van der Waals surface area contributed by atoms with Gasteiger partial charge >= 0.3 is 5.97 Å². The average Bonchev–Trinajstić information content (AvgIpc) is 3.41. The largest absolute Gasteiger partial charge is 0.478 e. The van der Waals surface area contributed by atoms with Gasteiger partial charge in [-0.05, 0) is 47.5 Å². The maximum absolute atomic E-state index is 11.8. The second-order valence-electron chi connectivity index (χ2n) is 6.80. The number of aryl methyl sites for hydroxylation is 1. The molecule has 146 valence electrons. The number of hydrogen-bond acceptors (Lipinski definition) is 5. The summed E-state index contributed by atoms with van der Waals surface area (Å²) in [6, 6.07) is 20.9. The van der Waals surface area contributed by atoms with Gasteiger partial charge < -0.3 is 5.11 Å². The Morgan fingerprint density at radius 1 is 1.00 bits per heavy atom. The monoisotopic (exact) mass is 396 g/mol. The molecule has 0 fully saturated rings. The summed E-state index contributed by atoms with van der Waals surface area (Å²) in [6.07, 6.45) is 0. The molecular formula is C22H16N6O2. The number of aromatic amines is 1. The van der Waals surface area contributed by atoms with Gasteiger partial charge in [-0.2, -0.15) is 5.21 Å². The minimum atomic E-state index is -0.999. The molecule has 2 aromatic heterocycles. The van der Waals surface area contributed by atoms with Crippen LogP contribution >= 0.6 is 0 Å². The molecule has 8 nitrogen and oxygen atoms in total. The normalized spacial score (nSPS) is 11.1. The Morgan fingerprint density at radius 3 is 2.57 bits per heavy atom. The summed E-state index contributed by atoms with van der Waals surface area (Å²) in [4.78, 5) is 16.4. The molecular weight excluding hydrogens is 380 g/mol. The van der Waals surface area contributed by atoms with Crippen molar-refractivity contribution in [2.45, 2.75) is 6.92 Å². The number of fused-ring (bicyclic) bond motifs is 1. The van der Waals surface area contributed by atoms with Crippen molar-refractivity contribution in [3.63, 3.8) is 0 Å². The zero-order valence-corrected chi connectivity index (χ0v) is 15.9. The number of nitrogens with one attached hydrogen (secondary N) is 1. The summed E-state index contributed by atoms with van der Waals surface area (Å²) in [5, 5.41) is 24.2. The third kappa shape index (κ3) is 2.82. The van der Waals surface area contributed by atoms with Crippen molar-refractivity contribution in [3.8, 4) is 28.2 Å². The molecule has 0 radical (unpaired) electrons. The average molecular weight is 396 g/mol. The van der Waals surface area contributed by atoms with E-state index in [-0.39, 0.29) is 5.56 Å². The number of imidazole rings is 1. The van der Waals surface area contributed by atoms with Gasteiger partial charge in [0, 0.05) is 11.3 Å². The Hall–Kier alpha value is -4.33. The van der Waals surface area contributed by atoms with Gasteiger partial charge in [-0.3, -0.25) is 4.57 Å². The highest BCUT2D eigenvalue weighted by molar-refractivity contribution is 6.02. The molecule has 8 heteroatoms. The fourth-order valence-corrected chi connectivity index (χ4v) is 3.73. The van der Waals surface area contributed by atoms with E-state index in [1.54, 1.807) is 12.1 Å². The lowest BCUT2D eigenvalue weighted by molar-refractivity contribution is 0.0698. The zero-order chi connectivity index (χ0) is 20.7. The molecule has 30 heavy (non-hydrogen) atoms. The number of carbonyl (C=O) groups is 1. The molecule has 0 atom stereocenters. The van der Waals surface area contributed by atoms with Crippen LogP contribution in [0.25, 0.3) is 39.2 Å². The van der Waals surface area contributed by atoms with Gasteiger partial charge in [0.2, 0.25) is 5.82 Å². The Kier molecular flexibility index (Phi) is 4.10. The zero-order valence-electron chi connectivity index (χ0n) is 15.9. The summed E-state index contributed by atoms with van der Waals surface area (Å²) in [5.74, 6) is 0.141. The van der Waals surface area contributed by atoms with Crippen LogP contribution in [0, 0.1) is 6.92 Å². The van der Waals surface area contributed by atoms with E-state index in [1.165, 1.54) is 0 Å². The predicted molar refractivity (Wildman–Crippen MR) is 111 cm³/mol. The highest BCUT2D eigenvalue weighted by Crippen LogP contribution is 2.33. The highest BCUT2D eigenvalue weighted by Gasteiger charge is 2.19. The first-order valence-corrected chi connectivity index (χ1v) is 9.28. The molecule has 5 rings (SSSR count). The number of aromatic nitrogens is 6. The first kappa shape index (κ1) is 17.7. The molecule has 0 aliphatic heterocycles. The number of tetrazole rings is 1. The minimum Gasteiger partial charge on any atom is -0.478 e. The number of benzene rings is 3. The number of para-hydroxylation sites is 1. The summed E-state index contributed by atoms with van der Waals surface area (Å²) < 4.78 is 1.84. The Balaban J connectivity index is 1.79.